The van der Waals surface area contributed by atoms with E-state index in [0.29, 0.717) is 0 Å². The zero-order valence-corrected chi connectivity index (χ0v) is 60.1. The van der Waals surface area contributed by atoms with E-state index in [-0.39, 0.29) is 102 Å². The van der Waals surface area contributed by atoms with Gasteiger partial charge in [0.15, 0.2) is 0 Å². The van der Waals surface area contributed by atoms with Crippen LogP contribution >= 0.6 is 12.4 Å². The van der Waals surface area contributed by atoms with Crippen LogP contribution in [0.15, 0.2) is 120 Å². The summed E-state index contributed by atoms with van der Waals surface area (Å²) in [5, 5.41) is 0. The Morgan fingerprint density at radius 2 is 0.536 bits per heavy atom. The van der Waals surface area contributed by atoms with Gasteiger partial charge in [0, 0.05) is 47.8 Å². The molecule has 1 aliphatic heterocycles. The van der Waals surface area contributed by atoms with Gasteiger partial charge in [-0.2, -0.15) is 0 Å². The Balaban J connectivity index is 0.0000113. The van der Waals surface area contributed by atoms with Gasteiger partial charge in [0.05, 0.1) is 6.67 Å². The van der Waals surface area contributed by atoms with Crippen LogP contribution in [0.25, 0.3) is 0 Å². The number of nitrogens with zero attached hydrogens (tertiary/aromatic N) is 2. The Kier molecular flexibility index (Phi) is 19.4. The molecule has 84 heavy (non-hydrogen) atoms. The zero-order chi connectivity index (χ0) is 62.6. The van der Waals surface area contributed by atoms with E-state index < -0.39 is 0 Å². The number of hydrogen-bond acceptors (Lipinski definition) is 2. The maximum atomic E-state index is 2.96. The Morgan fingerprint density at radius 3 is 0.738 bits per heavy atom. The van der Waals surface area contributed by atoms with Crippen molar-refractivity contribution in [2.24, 2.45) is 10.8 Å². The fraction of sp³-hybridized carbons (Fsp3) is 0.605. The Bertz CT molecular complexity index is 2790. The highest BCUT2D eigenvalue weighted by Gasteiger charge is 2.52. The summed E-state index contributed by atoms with van der Waals surface area (Å²) in [7, 11) is 0. The molecule has 2 nitrogen and oxygen atoms in total. The molecule has 1 fully saturated rings. The van der Waals surface area contributed by atoms with Crippen molar-refractivity contribution >= 4 is 12.4 Å². The average molecular weight is 1160 g/mol. The molecule has 0 N–H and O–H groups in total. The minimum Gasteiger partial charge on any atom is -0.282 e. The molecule has 8 unspecified atom stereocenters. The van der Waals surface area contributed by atoms with Gasteiger partial charge in [0.2, 0.25) is 0 Å². The van der Waals surface area contributed by atoms with Crippen LogP contribution in [0.1, 0.15) is 298 Å². The number of benzene rings is 4. The fourth-order valence-corrected chi connectivity index (χ4v) is 13.8. The van der Waals surface area contributed by atoms with Crippen molar-refractivity contribution in [1.29, 1.82) is 0 Å². The number of rotatable bonds is 10. The van der Waals surface area contributed by atoms with Gasteiger partial charge in [-0.05, 0) is 133 Å². The Hall–Kier alpha value is -3.95. The third-order valence-electron chi connectivity index (χ3n) is 20.7. The van der Waals surface area contributed by atoms with Gasteiger partial charge < -0.3 is 0 Å². The van der Waals surface area contributed by atoms with Crippen LogP contribution in [-0.2, 0) is 43.3 Å². The monoisotopic (exact) mass is 1160 g/mol. The Morgan fingerprint density at radius 1 is 0.333 bits per heavy atom. The van der Waals surface area contributed by atoms with Crippen molar-refractivity contribution in [2.75, 3.05) is 19.8 Å². The van der Waals surface area contributed by atoms with Gasteiger partial charge in [-0.1, -0.05) is 317 Å². The van der Waals surface area contributed by atoms with Crippen molar-refractivity contribution in [3.05, 3.63) is 187 Å². The molecule has 4 aromatic rings. The van der Waals surface area contributed by atoms with Crippen LogP contribution < -0.4 is 0 Å². The third-order valence-corrected chi connectivity index (χ3v) is 20.7. The smallest absolute Gasteiger partial charge is 0.0519 e. The number of allylic oxidation sites excluding steroid dienone is 4. The normalized spacial score (nSPS) is 23.2. The molecular formula is C81H121ClN2. The Labute approximate surface area is 523 Å². The second kappa shape index (κ2) is 23.5. The van der Waals surface area contributed by atoms with Crippen LogP contribution in [-0.4, -0.2) is 41.6 Å². The largest absolute Gasteiger partial charge is 0.282 e. The maximum absolute atomic E-state index is 2.96. The summed E-state index contributed by atoms with van der Waals surface area (Å²) in [5.74, 6) is 0.830. The predicted molar refractivity (Wildman–Crippen MR) is 373 cm³/mol. The lowest BCUT2D eigenvalue weighted by atomic mass is 9.62. The van der Waals surface area contributed by atoms with E-state index in [1.165, 1.54) is 77.9 Å². The first-order valence-corrected chi connectivity index (χ1v) is 32.5. The molecule has 0 aromatic heterocycles. The molecule has 0 amide bonds. The van der Waals surface area contributed by atoms with Crippen LogP contribution in [0, 0.1) is 10.8 Å². The van der Waals surface area contributed by atoms with E-state index in [2.05, 4.69) is 327 Å². The second-order valence-corrected chi connectivity index (χ2v) is 35.6. The summed E-state index contributed by atoms with van der Waals surface area (Å²) < 4.78 is 0. The molecule has 0 radical (unpaired) electrons. The van der Waals surface area contributed by atoms with Gasteiger partial charge in [-0.25, -0.2) is 0 Å². The van der Waals surface area contributed by atoms with Crippen LogP contribution in [0.4, 0.5) is 0 Å². The molecule has 0 saturated carbocycles. The molecule has 1 saturated heterocycles. The molecule has 0 bridgehead atoms. The van der Waals surface area contributed by atoms with E-state index in [4.69, 9.17) is 0 Å². The molecule has 3 heteroatoms. The lowest BCUT2D eigenvalue weighted by Gasteiger charge is -2.51. The molecule has 2 aliphatic carbocycles. The van der Waals surface area contributed by atoms with Crippen LogP contribution in [0.5, 0.6) is 0 Å². The summed E-state index contributed by atoms with van der Waals surface area (Å²) in [5.41, 5.74) is 19.9. The van der Waals surface area contributed by atoms with Gasteiger partial charge in [-0.3, -0.25) is 9.80 Å². The summed E-state index contributed by atoms with van der Waals surface area (Å²) in [4.78, 5) is 5.92. The van der Waals surface area contributed by atoms with Gasteiger partial charge in [0.25, 0.3) is 0 Å². The molecular weight excluding hydrogens is 1040 g/mol. The van der Waals surface area contributed by atoms with Gasteiger partial charge in [-0.15, -0.1) is 12.4 Å². The highest BCUT2D eigenvalue weighted by Crippen LogP contribution is 2.55. The van der Waals surface area contributed by atoms with E-state index in [1.807, 2.05) is 0 Å². The van der Waals surface area contributed by atoms with E-state index >= 15 is 0 Å². The van der Waals surface area contributed by atoms with Crippen molar-refractivity contribution < 1.29 is 0 Å². The SMILES string of the molecule is CC(C1=CC=CC(C)(C(C)c2cc(C(C)(C)C)cc(C(C)(C)C)c2)C1N1CCN(C2C(C(C)c3cc(C(C)(C)C)cc(C(C)(C)C)c3)=CC=CC2(C)C(C)c2cc(C(C)(C)C)cc(C(C)(C)C)c2)C1)c1cc(C(C)(C)C)cc(C(C)(C)C)c1.Cl. The lowest BCUT2D eigenvalue weighted by molar-refractivity contribution is 0.0770. The summed E-state index contributed by atoms with van der Waals surface area (Å²) >= 11 is 0. The molecule has 3 aliphatic rings. The summed E-state index contributed by atoms with van der Waals surface area (Å²) in [6.07, 6.45) is 15.2. The molecule has 1 heterocycles. The minimum absolute atomic E-state index is 0. The van der Waals surface area contributed by atoms with Crippen molar-refractivity contribution in [2.45, 2.75) is 287 Å². The number of hydrogen-bond donors (Lipinski definition) is 0. The van der Waals surface area contributed by atoms with Crippen molar-refractivity contribution in [3.63, 3.8) is 0 Å². The summed E-state index contributed by atoms with van der Waals surface area (Å²) in [6, 6.07) is 30.8. The zero-order valence-electron chi connectivity index (χ0n) is 59.3. The molecule has 7 rings (SSSR count). The van der Waals surface area contributed by atoms with Crippen molar-refractivity contribution in [1.82, 2.24) is 9.80 Å². The lowest BCUT2D eigenvalue weighted by Crippen LogP contribution is -2.53. The van der Waals surface area contributed by atoms with Crippen molar-refractivity contribution in [3.8, 4) is 0 Å². The average Bonchev–Trinajstić information content (AvgIpc) is 2.01. The maximum Gasteiger partial charge on any atom is 0.0519 e. The van der Waals surface area contributed by atoms with E-state index in [1.54, 1.807) is 0 Å². The van der Waals surface area contributed by atoms with Gasteiger partial charge in [0.1, 0.15) is 0 Å². The van der Waals surface area contributed by atoms with Gasteiger partial charge >= 0.3 is 0 Å². The predicted octanol–water partition coefficient (Wildman–Crippen LogP) is 22.3. The molecule has 4 aromatic carbocycles. The first-order valence-electron chi connectivity index (χ1n) is 32.5. The standard InChI is InChI=1S/C81H120N2.ClH/c1-52(56-39-60(72(5,6)7)47-61(40-56)73(8,9)10)68-33-31-35-80(29,54(3)58-43-64(76(17,18)19)49-65(44-58)77(20,21)22)70(68)82-37-38-83(51-82)71-69(53(2)57-41-62(74(11,12)13)48-63(42-57)75(14,15)16)34-32-36-81(71,30)55(4)59-45-66(78(23,24)25)50-67(46-59)79(26,27)28;/h31-36,39-50,52-55,70-71H,37-38,51H2,1-30H3;1H. The second-order valence-electron chi connectivity index (χ2n) is 35.6. The molecule has 462 valence electrons. The topological polar surface area (TPSA) is 6.48 Å². The molecule has 8 atom stereocenters. The van der Waals surface area contributed by atoms with E-state index in [9.17, 15) is 0 Å². The van der Waals surface area contributed by atoms with Crippen LogP contribution in [0.2, 0.25) is 0 Å². The summed E-state index contributed by atoms with van der Waals surface area (Å²) in [6.45, 7) is 75.6. The van der Waals surface area contributed by atoms with E-state index in [0.717, 1.165) is 19.8 Å². The molecule has 0 spiro atoms. The van der Waals surface area contributed by atoms with Crippen LogP contribution in [0.3, 0.4) is 0 Å². The fourth-order valence-electron chi connectivity index (χ4n) is 13.8. The number of halogens is 1. The third kappa shape index (κ3) is 14.5. The minimum atomic E-state index is -0.239. The highest BCUT2D eigenvalue weighted by molar-refractivity contribution is 5.85. The highest BCUT2D eigenvalue weighted by atomic mass is 35.5. The first kappa shape index (κ1) is 69.2. The quantitative estimate of drug-likeness (QED) is 0.156. The first-order chi connectivity index (χ1) is 37.6.